The number of nitrogen functional groups attached to an aromatic ring is 1. The number of carbonyl (C=O) groups is 3. The molecule has 0 spiro atoms. The topological polar surface area (TPSA) is 147 Å². The second-order valence-corrected chi connectivity index (χ2v) is 7.01. The van der Waals surface area contributed by atoms with Crippen LogP contribution in [0.3, 0.4) is 0 Å². The molecule has 2 amide bonds. The molecule has 4 N–H and O–H groups in total. The summed E-state index contributed by atoms with van der Waals surface area (Å²) in [4.78, 5) is 45.7. The molecule has 0 aliphatic carbocycles. The largest absolute Gasteiger partial charge is 0.477 e. The van der Waals surface area contributed by atoms with Crippen LogP contribution in [0.1, 0.15) is 5.69 Å². The summed E-state index contributed by atoms with van der Waals surface area (Å²) < 4.78 is 0. The van der Waals surface area contributed by atoms with Crippen LogP contribution in [-0.2, 0) is 19.2 Å². The van der Waals surface area contributed by atoms with Crippen LogP contribution in [0.25, 0.3) is 0 Å². The number of aliphatic carboxylic acids is 1. The quantitative estimate of drug-likeness (QED) is 0.246. The van der Waals surface area contributed by atoms with Crippen molar-refractivity contribution in [1.29, 1.82) is 0 Å². The SMILES string of the molecule is CON=C(C(=O)NC1C(=O)N2C(C(=O)O)=CCSC12)c1csc(N)n1.[Na]. The van der Waals surface area contributed by atoms with Crippen molar-refractivity contribution in [3.05, 3.63) is 22.8 Å². The van der Waals surface area contributed by atoms with Crippen LogP contribution in [-0.4, -0.2) is 92.3 Å². The van der Waals surface area contributed by atoms with Crippen molar-refractivity contribution in [2.75, 3.05) is 18.6 Å². The minimum atomic E-state index is -1.18. The first-order valence-electron chi connectivity index (χ1n) is 6.95. The molecule has 13 heteroatoms. The van der Waals surface area contributed by atoms with Gasteiger partial charge in [-0.2, -0.15) is 0 Å². The van der Waals surface area contributed by atoms with Gasteiger partial charge in [-0.05, 0) is 6.08 Å². The number of thioether (sulfide) groups is 1. The number of aromatic nitrogens is 1. The zero-order valence-electron chi connectivity index (χ0n) is 13.8. The van der Waals surface area contributed by atoms with Crippen molar-refractivity contribution < 1.29 is 24.3 Å². The number of hydrogen-bond donors (Lipinski definition) is 3. The Morgan fingerprint density at radius 1 is 1.54 bits per heavy atom. The molecule has 2 aliphatic heterocycles. The average Bonchev–Trinajstić information content (AvgIpc) is 3.02. The van der Waals surface area contributed by atoms with Gasteiger partial charge in [0.25, 0.3) is 11.8 Å². The summed E-state index contributed by atoms with van der Waals surface area (Å²) in [5.74, 6) is -1.89. The summed E-state index contributed by atoms with van der Waals surface area (Å²) in [6.07, 6.45) is 1.47. The molecular formula is C13H13N5NaO5S2. The van der Waals surface area contributed by atoms with E-state index in [2.05, 4.69) is 20.3 Å². The smallest absolute Gasteiger partial charge is 0.352 e. The monoisotopic (exact) mass is 406 g/mol. The predicted octanol–water partition coefficient (Wildman–Crippen LogP) is -0.937. The Morgan fingerprint density at radius 3 is 2.85 bits per heavy atom. The molecule has 26 heavy (non-hydrogen) atoms. The summed E-state index contributed by atoms with van der Waals surface area (Å²) in [7, 11) is 1.28. The second-order valence-electron chi connectivity index (χ2n) is 4.97. The van der Waals surface area contributed by atoms with E-state index < -0.39 is 29.2 Å². The summed E-state index contributed by atoms with van der Waals surface area (Å²) in [6.45, 7) is 0. The normalized spacial score (nSPS) is 21.7. The van der Waals surface area contributed by atoms with Gasteiger partial charge in [0.1, 0.15) is 29.9 Å². The molecule has 133 valence electrons. The Kier molecular flexibility index (Phi) is 6.69. The number of carboxylic acids is 1. The maximum absolute atomic E-state index is 12.5. The number of β-lactam (4-membered cyclic amide) rings is 1. The predicted molar refractivity (Wildman–Crippen MR) is 96.6 cm³/mol. The minimum absolute atomic E-state index is 0. The van der Waals surface area contributed by atoms with Gasteiger partial charge in [-0.3, -0.25) is 14.5 Å². The van der Waals surface area contributed by atoms with Gasteiger partial charge in [-0.1, -0.05) is 5.16 Å². The number of thiazole rings is 1. The van der Waals surface area contributed by atoms with Gasteiger partial charge in [-0.15, -0.1) is 23.1 Å². The Balaban J connectivity index is 0.00000243. The molecule has 0 saturated carbocycles. The molecule has 0 aromatic carbocycles. The number of nitrogens with one attached hydrogen (secondary N) is 1. The van der Waals surface area contributed by atoms with Crippen LogP contribution in [0, 0.1) is 0 Å². The van der Waals surface area contributed by atoms with Crippen molar-refractivity contribution in [3.8, 4) is 0 Å². The Labute approximate surface area is 178 Å². The maximum Gasteiger partial charge on any atom is 0.352 e. The minimum Gasteiger partial charge on any atom is -0.477 e. The molecule has 0 bridgehead atoms. The summed E-state index contributed by atoms with van der Waals surface area (Å²) in [5, 5.41) is 16.7. The molecule has 3 heterocycles. The van der Waals surface area contributed by atoms with Gasteiger partial charge in [0.05, 0.1) is 0 Å². The van der Waals surface area contributed by atoms with E-state index in [1.54, 1.807) is 5.38 Å². The van der Waals surface area contributed by atoms with Crippen LogP contribution >= 0.6 is 23.1 Å². The maximum atomic E-state index is 12.5. The first-order valence-corrected chi connectivity index (χ1v) is 8.88. The van der Waals surface area contributed by atoms with E-state index in [1.807, 2.05) is 0 Å². The molecule has 3 rings (SSSR count). The Bertz CT molecular complexity index is 811. The third-order valence-corrected chi connectivity index (χ3v) is 5.37. The van der Waals surface area contributed by atoms with E-state index in [0.29, 0.717) is 5.75 Å². The zero-order valence-corrected chi connectivity index (χ0v) is 17.5. The number of anilines is 1. The van der Waals surface area contributed by atoms with Crippen LogP contribution in [0.4, 0.5) is 5.13 Å². The summed E-state index contributed by atoms with van der Waals surface area (Å²) in [5.41, 5.74) is 5.60. The molecule has 2 aliphatic rings. The fourth-order valence-electron chi connectivity index (χ4n) is 2.44. The van der Waals surface area contributed by atoms with Crippen molar-refractivity contribution in [2.45, 2.75) is 11.4 Å². The summed E-state index contributed by atoms with van der Waals surface area (Å²) in [6, 6.07) is -0.849. The molecule has 1 radical (unpaired) electrons. The molecular weight excluding hydrogens is 393 g/mol. The van der Waals surface area contributed by atoms with Crippen molar-refractivity contribution in [1.82, 2.24) is 15.2 Å². The zero-order chi connectivity index (χ0) is 18.1. The second kappa shape index (κ2) is 8.39. The third-order valence-electron chi connectivity index (χ3n) is 3.51. The van der Waals surface area contributed by atoms with Crippen LogP contribution in [0.15, 0.2) is 22.3 Å². The molecule has 1 fully saturated rings. The average molecular weight is 406 g/mol. The van der Waals surface area contributed by atoms with Gasteiger partial charge in [0.2, 0.25) is 0 Å². The fourth-order valence-corrected chi connectivity index (χ4v) is 4.18. The number of oxime groups is 1. The Morgan fingerprint density at radius 2 is 2.27 bits per heavy atom. The van der Waals surface area contributed by atoms with Crippen molar-refractivity contribution >= 4 is 81.3 Å². The van der Waals surface area contributed by atoms with Crippen LogP contribution in [0.5, 0.6) is 0 Å². The first-order chi connectivity index (χ1) is 11.9. The van der Waals surface area contributed by atoms with Crippen LogP contribution in [0.2, 0.25) is 0 Å². The number of carboxylic acid groups (broad SMARTS) is 1. The van der Waals surface area contributed by atoms with Gasteiger partial charge in [0.15, 0.2) is 10.8 Å². The number of fused-ring (bicyclic) bond motifs is 1. The number of nitrogens with zero attached hydrogens (tertiary/aromatic N) is 3. The van der Waals surface area contributed by atoms with E-state index in [0.717, 1.165) is 16.2 Å². The van der Waals surface area contributed by atoms with E-state index in [4.69, 9.17) is 10.8 Å². The van der Waals surface area contributed by atoms with Gasteiger partial charge < -0.3 is 21.0 Å². The number of hydrogen-bond acceptors (Lipinski definition) is 9. The number of nitrogens with two attached hydrogens (primary N) is 1. The number of carbonyl (C=O) groups excluding carboxylic acids is 2. The standard InChI is InChI=1S/C13H13N5O5S2.Na/c1-23-17-7(5-4-25-13(14)15-5)9(19)16-8-10(20)18-6(12(21)22)2-3-24-11(8)18;/h2,4,8,11H,3H2,1H3,(H2,14,15)(H,16,19)(H,21,22);. The Hall–Kier alpha value is -1.60. The van der Waals surface area contributed by atoms with Crippen LogP contribution < -0.4 is 11.1 Å². The first kappa shape index (κ1) is 20.7. The molecule has 1 saturated heterocycles. The third kappa shape index (κ3) is 3.74. The van der Waals surface area contributed by atoms with Gasteiger partial charge in [0, 0.05) is 40.7 Å². The van der Waals surface area contributed by atoms with E-state index >= 15 is 0 Å². The van der Waals surface area contributed by atoms with Gasteiger partial charge in [-0.25, -0.2) is 9.78 Å². The summed E-state index contributed by atoms with van der Waals surface area (Å²) >= 11 is 2.49. The fraction of sp³-hybridized carbons (Fsp3) is 0.308. The van der Waals surface area contributed by atoms with Gasteiger partial charge >= 0.3 is 5.97 Å². The van der Waals surface area contributed by atoms with Crippen molar-refractivity contribution in [2.24, 2.45) is 5.16 Å². The number of amides is 2. The molecule has 2 unspecified atom stereocenters. The van der Waals surface area contributed by atoms with Crippen molar-refractivity contribution in [3.63, 3.8) is 0 Å². The molecule has 1 aromatic heterocycles. The van der Waals surface area contributed by atoms with E-state index in [-0.39, 0.29) is 51.8 Å². The number of rotatable bonds is 5. The van der Waals surface area contributed by atoms with E-state index in [1.165, 1.54) is 24.9 Å². The van der Waals surface area contributed by atoms with E-state index in [9.17, 15) is 14.4 Å². The molecule has 1 aromatic rings. The molecule has 10 nitrogen and oxygen atoms in total. The molecule has 2 atom stereocenters.